The van der Waals surface area contributed by atoms with E-state index < -0.39 is 28.0 Å². The van der Waals surface area contributed by atoms with Crippen LogP contribution in [0.1, 0.15) is 52.7 Å². The van der Waals surface area contributed by atoms with Gasteiger partial charge < -0.3 is 36.6 Å². The Morgan fingerprint density at radius 1 is 0.250 bits per heavy atom. The minimum absolute atomic E-state index is 0.502. The lowest BCUT2D eigenvalue weighted by atomic mass is 9.81. The average molecular weight is 1100 g/mol. The van der Waals surface area contributed by atoms with Gasteiger partial charge in [0.15, 0.2) is 0 Å². The van der Waals surface area contributed by atoms with Crippen molar-refractivity contribution in [3.8, 4) is 102 Å². The molecule has 0 aromatic heterocycles. The van der Waals surface area contributed by atoms with E-state index in [1.807, 2.05) is 194 Å². The number of rotatable bonds is 19. The van der Waals surface area contributed by atoms with Crippen molar-refractivity contribution in [3.63, 3.8) is 0 Å². The molecule has 0 aliphatic carbocycles. The van der Waals surface area contributed by atoms with Crippen LogP contribution in [0, 0.1) is 0 Å². The first-order valence-electron chi connectivity index (χ1n) is 26.5. The molecule has 10 aromatic rings. The lowest BCUT2D eigenvalue weighted by Crippen LogP contribution is -2.16. The van der Waals surface area contributed by atoms with Gasteiger partial charge in [0.2, 0.25) is 0 Å². The largest absolute Gasteiger partial charge is 0.530 e. The summed E-state index contributed by atoms with van der Waals surface area (Å²) in [6.45, 7) is 12.9. The molecule has 10 heteroatoms. The van der Waals surface area contributed by atoms with E-state index in [4.69, 9.17) is 36.6 Å². The zero-order valence-corrected chi connectivity index (χ0v) is 48.0. The van der Waals surface area contributed by atoms with Crippen LogP contribution in [0.3, 0.4) is 0 Å². The molecule has 0 saturated carbocycles. The molecule has 0 bridgehead atoms. The third-order valence-corrected chi connectivity index (χ3v) is 15.5. The van der Waals surface area contributed by atoms with Crippen LogP contribution in [-0.4, -0.2) is 14.2 Å². The molecule has 0 heterocycles. The highest BCUT2D eigenvalue weighted by molar-refractivity contribution is 7.43. The van der Waals surface area contributed by atoms with Gasteiger partial charge in [-0.1, -0.05) is 211 Å². The highest BCUT2D eigenvalue weighted by Gasteiger charge is 2.35. The molecule has 0 radical (unpaired) electrons. The Bertz CT molecular complexity index is 3190. The molecule has 8 nitrogen and oxygen atoms in total. The van der Waals surface area contributed by atoms with Crippen molar-refractivity contribution in [1.82, 2.24) is 0 Å². The number of benzene rings is 10. The maximum atomic E-state index is 7.35. The zero-order valence-electron chi connectivity index (χ0n) is 46.3. The fourth-order valence-corrected chi connectivity index (χ4v) is 11.2. The van der Waals surface area contributed by atoms with E-state index in [1.165, 1.54) is 0 Å². The van der Waals surface area contributed by atoms with Gasteiger partial charge in [-0.25, -0.2) is 0 Å². The molecule has 402 valence electrons. The van der Waals surface area contributed by atoms with Gasteiger partial charge in [-0.15, -0.1) is 0 Å². The summed E-state index contributed by atoms with van der Waals surface area (Å²) in [5.41, 5.74) is 10.5. The number of hydrogen-bond donors (Lipinski definition) is 0. The smallest absolute Gasteiger partial charge is 0.497 e. The summed E-state index contributed by atoms with van der Waals surface area (Å²) in [5, 5.41) is 0. The van der Waals surface area contributed by atoms with E-state index in [-0.39, 0.29) is 0 Å². The third kappa shape index (κ3) is 13.5. The first-order valence-corrected chi connectivity index (χ1v) is 28.7. The fourth-order valence-electron chi connectivity index (χ4n) is 9.11. The molecule has 0 aliphatic rings. The molecule has 10 aromatic carbocycles. The number of methoxy groups -OCH3 is 2. The van der Waals surface area contributed by atoms with Crippen molar-refractivity contribution in [1.29, 1.82) is 0 Å². The Balaban J connectivity index is 1.10. The van der Waals surface area contributed by atoms with Crippen molar-refractivity contribution in [2.75, 3.05) is 14.2 Å². The number of ether oxygens (including phenoxy) is 2. The van der Waals surface area contributed by atoms with Gasteiger partial charge in [-0.2, -0.15) is 0 Å². The van der Waals surface area contributed by atoms with Gasteiger partial charge in [0.25, 0.3) is 0 Å². The molecule has 0 amide bonds. The summed E-state index contributed by atoms with van der Waals surface area (Å²) in [7, 11) is -1.13. The maximum absolute atomic E-state index is 7.35. The quantitative estimate of drug-likeness (QED) is 0.0742. The van der Waals surface area contributed by atoms with E-state index in [0.717, 1.165) is 55.6 Å². The highest BCUT2D eigenvalue weighted by Crippen LogP contribution is 2.56. The second-order valence-electron chi connectivity index (χ2n) is 21.2. The Hall–Kier alpha value is -8.54. The van der Waals surface area contributed by atoms with Gasteiger partial charge in [-0.05, 0) is 128 Å². The molecule has 80 heavy (non-hydrogen) atoms. The van der Waals surface area contributed by atoms with Gasteiger partial charge in [0, 0.05) is 22.3 Å². The number of hydrogen-bond acceptors (Lipinski definition) is 8. The Morgan fingerprint density at radius 2 is 0.475 bits per heavy atom. The molecular formula is C70H64O8P2. The lowest BCUT2D eigenvalue weighted by molar-refractivity contribution is 0.376. The first-order chi connectivity index (χ1) is 38.8. The summed E-state index contributed by atoms with van der Waals surface area (Å²) >= 11 is 0. The van der Waals surface area contributed by atoms with Crippen molar-refractivity contribution < 1.29 is 36.6 Å². The summed E-state index contributed by atoms with van der Waals surface area (Å²) in [5.74, 6) is 4.49. The van der Waals surface area contributed by atoms with Crippen molar-refractivity contribution in [2.45, 2.75) is 52.4 Å². The van der Waals surface area contributed by atoms with Crippen LogP contribution in [-0.2, 0) is 10.8 Å². The Labute approximate surface area is 473 Å². The second-order valence-corrected chi connectivity index (χ2v) is 23.1. The fraction of sp³-hybridized carbons (Fsp3) is 0.143. The Morgan fingerprint density at radius 3 is 0.688 bits per heavy atom. The molecule has 0 aliphatic heterocycles. The normalized spacial score (nSPS) is 11.5. The molecule has 10 rings (SSSR count). The van der Waals surface area contributed by atoms with E-state index in [1.54, 1.807) is 14.2 Å². The van der Waals surface area contributed by atoms with Gasteiger partial charge in [-0.3, -0.25) is 0 Å². The monoisotopic (exact) mass is 1090 g/mol. The van der Waals surface area contributed by atoms with Crippen LogP contribution >= 0.6 is 17.2 Å². The van der Waals surface area contributed by atoms with Gasteiger partial charge in [0.05, 0.1) is 14.2 Å². The molecule has 0 atom stereocenters. The van der Waals surface area contributed by atoms with Gasteiger partial charge in [0.1, 0.15) is 46.0 Å². The SMILES string of the molecule is COc1cc(-c2cc(OC)cc(C(C)(C)C)c2OP(Oc2ccc(-c3ccccc3)cc2)Oc2ccc(-c3ccccc3)cc2)c(OP(Oc2ccc(-c3ccccc3)cc2)Oc2ccc(-c3ccccc3)cc2)c(C(C)(C)C)c1. The van der Waals surface area contributed by atoms with Crippen LogP contribution in [0.25, 0.3) is 55.6 Å². The first kappa shape index (κ1) is 54.8. The standard InChI is InChI=1S/C70H64O8P2/c1-69(2,3)65-47-61(71-7)45-63(67(65)77-79(73-57-37-29-53(30-38-57)49-21-13-9-14-22-49)74-58-39-31-54(32-40-58)50-23-15-10-16-24-50)64-46-62(72-8)48-66(70(4,5)6)68(64)78-80(75-59-41-33-55(34-42-59)51-25-17-11-18-26-51)76-60-43-35-56(36-44-60)52-27-19-12-20-28-52/h9-48H,1-8H3. The summed E-state index contributed by atoms with van der Waals surface area (Å²) in [4.78, 5) is 0. The summed E-state index contributed by atoms with van der Waals surface area (Å²) in [6.07, 6.45) is 0. The van der Waals surface area contributed by atoms with Crippen LogP contribution in [0.4, 0.5) is 0 Å². The predicted molar refractivity (Wildman–Crippen MR) is 328 cm³/mol. The molecule has 0 unspecified atom stereocenters. The molecule has 0 spiro atoms. The third-order valence-electron chi connectivity index (χ3n) is 13.4. The highest BCUT2D eigenvalue weighted by atomic mass is 31.2. The van der Waals surface area contributed by atoms with E-state index in [0.29, 0.717) is 57.1 Å². The lowest BCUT2D eigenvalue weighted by Gasteiger charge is -2.30. The zero-order chi connectivity index (χ0) is 55.6. The minimum atomic E-state index is -2.23. The average Bonchev–Trinajstić information content (AvgIpc) is 3.50. The second kappa shape index (κ2) is 24.6. The predicted octanol–water partition coefficient (Wildman–Crippen LogP) is 20.2. The molecule has 0 fully saturated rings. The van der Waals surface area contributed by atoms with Crippen molar-refractivity contribution >= 4 is 17.2 Å². The molecular weight excluding hydrogens is 1030 g/mol. The van der Waals surface area contributed by atoms with E-state index in [9.17, 15) is 0 Å². The van der Waals surface area contributed by atoms with Crippen molar-refractivity contribution in [2.24, 2.45) is 0 Å². The van der Waals surface area contributed by atoms with Crippen molar-refractivity contribution in [3.05, 3.63) is 254 Å². The van der Waals surface area contributed by atoms with Crippen LogP contribution in [0.15, 0.2) is 243 Å². The van der Waals surface area contributed by atoms with Crippen LogP contribution in [0.2, 0.25) is 0 Å². The minimum Gasteiger partial charge on any atom is -0.497 e. The topological polar surface area (TPSA) is 73.8 Å². The molecule has 0 N–H and O–H groups in total. The summed E-state index contributed by atoms with van der Waals surface area (Å²) in [6, 6.07) is 80.8. The van der Waals surface area contributed by atoms with Crippen LogP contribution in [0.5, 0.6) is 46.0 Å². The van der Waals surface area contributed by atoms with Crippen LogP contribution < -0.4 is 36.6 Å². The molecule has 0 saturated heterocycles. The Kier molecular flexibility index (Phi) is 16.9. The van der Waals surface area contributed by atoms with E-state index in [2.05, 4.69) is 90.1 Å². The maximum Gasteiger partial charge on any atom is 0.530 e. The van der Waals surface area contributed by atoms with E-state index >= 15 is 0 Å². The summed E-state index contributed by atoms with van der Waals surface area (Å²) < 4.78 is 54.4. The van der Waals surface area contributed by atoms with Gasteiger partial charge >= 0.3 is 17.2 Å².